The average molecular weight is 357 g/mol. The van der Waals surface area contributed by atoms with E-state index in [0.717, 1.165) is 47.1 Å². The first-order chi connectivity index (χ1) is 13.3. The fraction of sp³-hybridized carbons (Fsp3) is 0.190. The number of para-hydroxylation sites is 3. The number of aryl methyl sites for hydroxylation is 1. The van der Waals surface area contributed by atoms with Crippen molar-refractivity contribution in [3.8, 4) is 11.8 Å². The van der Waals surface area contributed by atoms with E-state index < -0.39 is 0 Å². The summed E-state index contributed by atoms with van der Waals surface area (Å²) in [6, 6.07) is 16.1. The third-order valence-corrected chi connectivity index (χ3v) is 4.61. The number of aromatic nitrogens is 3. The number of pyridine rings is 1. The van der Waals surface area contributed by atoms with E-state index in [2.05, 4.69) is 32.0 Å². The minimum Gasteiger partial charge on any atom is -0.494 e. The number of imidazole rings is 1. The molecule has 0 fully saturated rings. The minimum absolute atomic E-state index is 0.531. The van der Waals surface area contributed by atoms with Crippen LogP contribution in [0.5, 0.6) is 5.75 Å². The number of methoxy groups -OCH3 is 1. The summed E-state index contributed by atoms with van der Waals surface area (Å²) in [6.45, 7) is 1.58. The lowest BCUT2D eigenvalue weighted by Crippen LogP contribution is -2.08. The molecule has 2 heterocycles. The number of anilines is 1. The second-order valence-corrected chi connectivity index (χ2v) is 6.22. The molecule has 0 radical (unpaired) electrons. The molecule has 0 atom stereocenters. The van der Waals surface area contributed by atoms with Gasteiger partial charge in [0.25, 0.3) is 0 Å². The highest BCUT2D eigenvalue weighted by molar-refractivity contribution is 5.97. The van der Waals surface area contributed by atoms with Crippen LogP contribution in [0.3, 0.4) is 0 Å². The highest BCUT2D eigenvalue weighted by atomic mass is 16.5. The molecule has 0 saturated carbocycles. The van der Waals surface area contributed by atoms with Crippen LogP contribution in [-0.2, 0) is 6.54 Å². The maximum Gasteiger partial charge on any atom is 0.145 e. The van der Waals surface area contributed by atoms with Crippen LogP contribution < -0.4 is 10.1 Å². The first kappa shape index (κ1) is 16.9. The van der Waals surface area contributed by atoms with Gasteiger partial charge in [-0.25, -0.2) is 4.98 Å². The van der Waals surface area contributed by atoms with Crippen molar-refractivity contribution >= 4 is 27.6 Å². The first-order valence-corrected chi connectivity index (χ1v) is 8.81. The van der Waals surface area contributed by atoms with Crippen molar-refractivity contribution in [2.24, 2.45) is 0 Å². The standard InChI is InChI=1S/C21H19N5O/c1-27-19-9-4-6-16-20(15(12-22)13-24-21(16)19)23-10-5-11-26-14-25-17-7-2-3-8-18(17)26/h2-4,6-9,13-14H,5,10-11H2,1H3,(H,23,24). The predicted octanol–water partition coefficient (Wildman–Crippen LogP) is 3.97. The van der Waals surface area contributed by atoms with Gasteiger partial charge in [-0.2, -0.15) is 5.26 Å². The molecule has 4 aromatic rings. The lowest BCUT2D eigenvalue weighted by molar-refractivity contribution is 0.419. The monoisotopic (exact) mass is 357 g/mol. The third-order valence-electron chi connectivity index (χ3n) is 4.61. The quantitative estimate of drug-likeness (QED) is 0.529. The molecule has 134 valence electrons. The molecule has 2 aromatic heterocycles. The van der Waals surface area contributed by atoms with Crippen LogP contribution in [0, 0.1) is 11.3 Å². The Bertz CT molecular complexity index is 1140. The van der Waals surface area contributed by atoms with E-state index in [1.54, 1.807) is 13.3 Å². The first-order valence-electron chi connectivity index (χ1n) is 8.81. The molecule has 0 saturated heterocycles. The van der Waals surface area contributed by atoms with Crippen molar-refractivity contribution in [3.05, 3.63) is 60.6 Å². The van der Waals surface area contributed by atoms with Crippen molar-refractivity contribution in [2.45, 2.75) is 13.0 Å². The smallest absolute Gasteiger partial charge is 0.145 e. The Balaban J connectivity index is 1.52. The van der Waals surface area contributed by atoms with E-state index in [-0.39, 0.29) is 0 Å². The number of fused-ring (bicyclic) bond motifs is 2. The van der Waals surface area contributed by atoms with Crippen molar-refractivity contribution in [3.63, 3.8) is 0 Å². The Morgan fingerprint density at radius 1 is 1.15 bits per heavy atom. The Hall–Kier alpha value is -3.59. The molecule has 0 unspecified atom stereocenters. The number of ether oxygens (including phenoxy) is 1. The molecule has 2 aromatic carbocycles. The summed E-state index contributed by atoms with van der Waals surface area (Å²) in [5, 5.41) is 13.8. The van der Waals surface area contributed by atoms with Gasteiger partial charge in [-0.3, -0.25) is 4.98 Å². The molecular formula is C21H19N5O. The molecule has 0 aliphatic carbocycles. The molecule has 6 heteroatoms. The van der Waals surface area contributed by atoms with Crippen molar-refractivity contribution in [1.82, 2.24) is 14.5 Å². The van der Waals surface area contributed by atoms with Gasteiger partial charge in [0.05, 0.1) is 35.7 Å². The van der Waals surface area contributed by atoms with Crippen LogP contribution in [-0.4, -0.2) is 28.2 Å². The maximum absolute atomic E-state index is 9.46. The van der Waals surface area contributed by atoms with Gasteiger partial charge in [0.2, 0.25) is 0 Å². The van der Waals surface area contributed by atoms with Gasteiger partial charge in [0.15, 0.2) is 0 Å². The Morgan fingerprint density at radius 3 is 2.89 bits per heavy atom. The summed E-state index contributed by atoms with van der Waals surface area (Å²) in [4.78, 5) is 8.81. The lowest BCUT2D eigenvalue weighted by atomic mass is 10.1. The summed E-state index contributed by atoms with van der Waals surface area (Å²) in [5.74, 6) is 0.699. The lowest BCUT2D eigenvalue weighted by Gasteiger charge is -2.13. The summed E-state index contributed by atoms with van der Waals surface area (Å²) >= 11 is 0. The van der Waals surface area contributed by atoms with Crippen LogP contribution in [0.2, 0.25) is 0 Å². The molecule has 1 N–H and O–H groups in total. The third kappa shape index (κ3) is 3.15. The van der Waals surface area contributed by atoms with E-state index in [4.69, 9.17) is 4.74 Å². The summed E-state index contributed by atoms with van der Waals surface area (Å²) in [7, 11) is 1.62. The maximum atomic E-state index is 9.46. The summed E-state index contributed by atoms with van der Waals surface area (Å²) in [5.41, 5.74) is 4.22. The molecule has 0 amide bonds. The molecule has 4 rings (SSSR count). The Kier molecular flexibility index (Phi) is 4.58. The fourth-order valence-electron chi connectivity index (χ4n) is 3.29. The number of nitriles is 1. The van der Waals surface area contributed by atoms with Gasteiger partial charge >= 0.3 is 0 Å². The highest BCUT2D eigenvalue weighted by Gasteiger charge is 2.11. The SMILES string of the molecule is COc1cccc2c(NCCCn3cnc4ccccc43)c(C#N)cnc12. The predicted molar refractivity (Wildman–Crippen MR) is 106 cm³/mol. The van der Waals surface area contributed by atoms with Crippen LogP contribution in [0.25, 0.3) is 21.9 Å². The van der Waals surface area contributed by atoms with Crippen LogP contribution >= 0.6 is 0 Å². The number of hydrogen-bond donors (Lipinski definition) is 1. The van der Waals surface area contributed by atoms with Crippen molar-refractivity contribution < 1.29 is 4.74 Å². The Labute approximate surface area is 157 Å². The van der Waals surface area contributed by atoms with E-state index in [1.165, 1.54) is 0 Å². The normalized spacial score (nSPS) is 10.8. The van der Waals surface area contributed by atoms with Gasteiger partial charge in [0.1, 0.15) is 17.3 Å². The number of nitrogens with one attached hydrogen (secondary N) is 1. The molecule has 0 spiro atoms. The van der Waals surface area contributed by atoms with E-state index in [9.17, 15) is 5.26 Å². The van der Waals surface area contributed by atoms with Crippen LogP contribution in [0.4, 0.5) is 5.69 Å². The summed E-state index contributed by atoms with van der Waals surface area (Å²) in [6.07, 6.45) is 4.37. The zero-order valence-corrected chi connectivity index (χ0v) is 15.0. The van der Waals surface area contributed by atoms with Crippen molar-refractivity contribution in [1.29, 1.82) is 5.26 Å². The number of nitrogens with zero attached hydrogens (tertiary/aromatic N) is 4. The zero-order valence-electron chi connectivity index (χ0n) is 15.0. The molecule has 0 aliphatic heterocycles. The van der Waals surface area contributed by atoms with E-state index >= 15 is 0 Å². The summed E-state index contributed by atoms with van der Waals surface area (Å²) < 4.78 is 7.54. The van der Waals surface area contributed by atoms with E-state index in [0.29, 0.717) is 11.3 Å². The number of rotatable bonds is 6. The number of benzene rings is 2. The van der Waals surface area contributed by atoms with Gasteiger partial charge in [-0.15, -0.1) is 0 Å². The van der Waals surface area contributed by atoms with Crippen molar-refractivity contribution in [2.75, 3.05) is 19.0 Å². The molecular weight excluding hydrogens is 338 g/mol. The van der Waals surface area contributed by atoms with E-state index in [1.807, 2.05) is 42.7 Å². The minimum atomic E-state index is 0.531. The van der Waals surface area contributed by atoms with Crippen LogP contribution in [0.1, 0.15) is 12.0 Å². The topological polar surface area (TPSA) is 75.8 Å². The second kappa shape index (κ2) is 7.34. The molecule has 27 heavy (non-hydrogen) atoms. The largest absolute Gasteiger partial charge is 0.494 e. The van der Waals surface area contributed by atoms with Gasteiger partial charge in [-0.1, -0.05) is 24.3 Å². The Morgan fingerprint density at radius 2 is 2.04 bits per heavy atom. The molecule has 0 aliphatic rings. The van der Waals surface area contributed by atoms with Gasteiger partial charge in [-0.05, 0) is 24.6 Å². The molecule has 0 bridgehead atoms. The van der Waals surface area contributed by atoms with Crippen LogP contribution in [0.15, 0.2) is 55.0 Å². The average Bonchev–Trinajstić information content (AvgIpc) is 3.13. The highest BCUT2D eigenvalue weighted by Crippen LogP contribution is 2.31. The second-order valence-electron chi connectivity index (χ2n) is 6.22. The number of hydrogen-bond acceptors (Lipinski definition) is 5. The van der Waals surface area contributed by atoms with Gasteiger partial charge in [0, 0.05) is 24.7 Å². The zero-order chi connectivity index (χ0) is 18.6. The molecule has 6 nitrogen and oxygen atoms in total. The fourth-order valence-corrected chi connectivity index (χ4v) is 3.29. The van der Waals surface area contributed by atoms with Gasteiger partial charge < -0.3 is 14.6 Å².